The highest BCUT2D eigenvalue weighted by molar-refractivity contribution is 5.81. The molecule has 0 bridgehead atoms. The molecule has 0 saturated carbocycles. The van der Waals surface area contributed by atoms with Crippen LogP contribution in [0.25, 0.3) is 0 Å². The molecule has 1 aliphatic rings. The Morgan fingerprint density at radius 1 is 0.582 bits per heavy atom. The van der Waals surface area contributed by atoms with Crippen molar-refractivity contribution in [3.63, 3.8) is 0 Å². The SMILES string of the molecule is CCCCC/C=C\C/C=C\CCCCCCCCOC(=O)CC(CC(=O)OCCCCCCCC/C=C\C/C=C\CCCCC)NC(=O)CN1CC(CO)C1. The predicted octanol–water partition coefficient (Wildman–Crippen LogP) is 10.9. The van der Waals surface area contributed by atoms with Crippen molar-refractivity contribution >= 4 is 17.8 Å². The van der Waals surface area contributed by atoms with Gasteiger partial charge in [0.25, 0.3) is 0 Å². The number of aliphatic hydroxyl groups is 1. The Balaban J connectivity index is 2.20. The highest BCUT2D eigenvalue weighted by Crippen LogP contribution is 2.15. The Bertz CT molecular complexity index is 984. The zero-order valence-corrected chi connectivity index (χ0v) is 35.3. The molecule has 0 aromatic carbocycles. The number of allylic oxidation sites excluding steroid dienone is 8. The molecule has 1 rings (SSSR count). The lowest BCUT2D eigenvalue weighted by atomic mass is 10.0. The number of esters is 2. The Labute approximate surface area is 337 Å². The summed E-state index contributed by atoms with van der Waals surface area (Å²) in [5, 5.41) is 12.1. The summed E-state index contributed by atoms with van der Waals surface area (Å²) in [5.41, 5.74) is 0. The monoisotopic (exact) mass is 771 g/mol. The standard InChI is InChI=1S/C47H82N2O6/c1-3-5-7-9-11-13-15-17-19-21-23-25-27-29-31-33-35-54-46(52)37-44(48-45(51)41-49-39-43(40-49)42-50)38-47(53)55-36-34-32-30-28-26-24-22-20-18-16-14-12-10-8-6-4-2/h11-14,17-20,43-44,50H,3-10,15-16,21-42H2,1-2H3,(H,48,51)/b13-11-,14-12-,19-17-,20-18-. The van der Waals surface area contributed by atoms with Crippen molar-refractivity contribution in [3.8, 4) is 0 Å². The van der Waals surface area contributed by atoms with Gasteiger partial charge in [0.15, 0.2) is 0 Å². The maximum Gasteiger partial charge on any atom is 0.307 e. The van der Waals surface area contributed by atoms with Gasteiger partial charge < -0.3 is 19.9 Å². The van der Waals surface area contributed by atoms with Crippen LogP contribution in [0.15, 0.2) is 48.6 Å². The number of hydrogen-bond donors (Lipinski definition) is 2. The van der Waals surface area contributed by atoms with Crippen molar-refractivity contribution in [2.75, 3.05) is 39.5 Å². The molecule has 8 heteroatoms. The number of unbranched alkanes of at least 4 members (excludes halogenated alkanes) is 18. The number of nitrogens with one attached hydrogen (secondary N) is 1. The fraction of sp³-hybridized carbons (Fsp3) is 0.766. The lowest BCUT2D eigenvalue weighted by Gasteiger charge is -2.37. The van der Waals surface area contributed by atoms with Gasteiger partial charge in [0.1, 0.15) is 0 Å². The molecule has 1 saturated heterocycles. The summed E-state index contributed by atoms with van der Waals surface area (Å²) in [5.74, 6) is -0.852. The van der Waals surface area contributed by atoms with E-state index in [1.54, 1.807) is 0 Å². The summed E-state index contributed by atoms with van der Waals surface area (Å²) >= 11 is 0. The molecule has 316 valence electrons. The van der Waals surface area contributed by atoms with Crippen molar-refractivity contribution < 1.29 is 29.0 Å². The highest BCUT2D eigenvalue weighted by atomic mass is 16.5. The summed E-state index contributed by atoms with van der Waals surface area (Å²) in [4.78, 5) is 40.1. The molecule has 0 atom stereocenters. The van der Waals surface area contributed by atoms with E-state index in [1.165, 1.54) is 89.9 Å². The summed E-state index contributed by atoms with van der Waals surface area (Å²) in [6, 6.07) is -0.672. The van der Waals surface area contributed by atoms with Crippen molar-refractivity contribution in [3.05, 3.63) is 48.6 Å². The molecular formula is C47H82N2O6. The zero-order chi connectivity index (χ0) is 39.9. The van der Waals surface area contributed by atoms with Gasteiger partial charge in [0.2, 0.25) is 5.91 Å². The van der Waals surface area contributed by atoms with Crippen molar-refractivity contribution in [1.82, 2.24) is 10.2 Å². The third-order valence-corrected chi connectivity index (χ3v) is 10.1. The maximum absolute atomic E-state index is 12.7. The minimum atomic E-state index is -0.672. The third-order valence-electron chi connectivity index (χ3n) is 10.1. The van der Waals surface area contributed by atoms with Gasteiger partial charge in [-0.05, 0) is 77.0 Å². The van der Waals surface area contributed by atoms with Crippen LogP contribution in [-0.2, 0) is 23.9 Å². The van der Waals surface area contributed by atoms with E-state index in [2.05, 4.69) is 67.8 Å². The summed E-state index contributed by atoms with van der Waals surface area (Å²) in [6.07, 6.45) is 45.7. The second-order valence-electron chi connectivity index (χ2n) is 15.5. The molecule has 2 N–H and O–H groups in total. The van der Waals surface area contributed by atoms with Crippen LogP contribution in [0.2, 0.25) is 0 Å². The second-order valence-corrected chi connectivity index (χ2v) is 15.5. The van der Waals surface area contributed by atoms with Crippen molar-refractivity contribution in [1.29, 1.82) is 0 Å². The number of carbonyl (C=O) groups is 3. The Hall–Kier alpha value is -2.71. The molecule has 0 radical (unpaired) electrons. The largest absolute Gasteiger partial charge is 0.466 e. The number of likely N-dealkylation sites (tertiary alicyclic amines) is 1. The minimum absolute atomic E-state index is 0.0623. The number of nitrogens with zero attached hydrogens (tertiary/aromatic N) is 1. The number of ether oxygens (including phenoxy) is 2. The predicted molar refractivity (Wildman–Crippen MR) is 229 cm³/mol. The van der Waals surface area contributed by atoms with Crippen LogP contribution in [0.5, 0.6) is 0 Å². The normalized spacial score (nSPS) is 13.9. The Morgan fingerprint density at radius 3 is 1.36 bits per heavy atom. The second kappa shape index (κ2) is 38.2. The first-order valence-electron chi connectivity index (χ1n) is 22.5. The van der Waals surface area contributed by atoms with E-state index in [4.69, 9.17) is 9.47 Å². The molecule has 0 aromatic heterocycles. The van der Waals surface area contributed by atoms with Gasteiger partial charge in [0, 0.05) is 31.7 Å². The van der Waals surface area contributed by atoms with E-state index in [0.717, 1.165) is 64.2 Å². The fourth-order valence-corrected chi connectivity index (χ4v) is 6.64. The molecule has 0 unspecified atom stereocenters. The molecule has 8 nitrogen and oxygen atoms in total. The van der Waals surface area contributed by atoms with Crippen molar-refractivity contribution in [2.24, 2.45) is 5.92 Å². The van der Waals surface area contributed by atoms with Crippen molar-refractivity contribution in [2.45, 2.75) is 187 Å². The first kappa shape index (κ1) is 50.3. The number of amides is 1. The van der Waals surface area contributed by atoms with Gasteiger partial charge in [-0.1, -0.05) is 140 Å². The van der Waals surface area contributed by atoms with Gasteiger partial charge >= 0.3 is 11.9 Å². The topological polar surface area (TPSA) is 105 Å². The molecule has 1 aliphatic heterocycles. The summed E-state index contributed by atoms with van der Waals surface area (Å²) in [7, 11) is 0. The molecule has 1 amide bonds. The number of carbonyl (C=O) groups excluding carboxylic acids is 3. The highest BCUT2D eigenvalue weighted by Gasteiger charge is 2.29. The minimum Gasteiger partial charge on any atom is -0.466 e. The van der Waals surface area contributed by atoms with E-state index in [-0.39, 0.29) is 37.8 Å². The zero-order valence-electron chi connectivity index (χ0n) is 35.3. The summed E-state index contributed by atoms with van der Waals surface area (Å²) in [6.45, 7) is 6.80. The van der Waals surface area contributed by atoms with Crippen LogP contribution >= 0.6 is 0 Å². The van der Waals surface area contributed by atoms with E-state index in [0.29, 0.717) is 26.3 Å². The molecule has 1 heterocycles. The van der Waals surface area contributed by atoms with Gasteiger partial charge in [0.05, 0.1) is 32.6 Å². The van der Waals surface area contributed by atoms with Crippen LogP contribution in [-0.4, -0.2) is 73.3 Å². The van der Waals surface area contributed by atoms with E-state index in [1.807, 2.05) is 4.90 Å². The van der Waals surface area contributed by atoms with Crippen LogP contribution < -0.4 is 5.32 Å². The lowest BCUT2D eigenvalue weighted by molar-refractivity contribution is -0.146. The van der Waals surface area contributed by atoms with Crippen LogP contribution in [0.1, 0.15) is 181 Å². The lowest BCUT2D eigenvalue weighted by Crippen LogP contribution is -2.53. The number of hydrogen-bond acceptors (Lipinski definition) is 7. The average molecular weight is 771 g/mol. The van der Waals surface area contributed by atoms with Crippen LogP contribution in [0.3, 0.4) is 0 Å². The molecular weight excluding hydrogens is 689 g/mol. The smallest absolute Gasteiger partial charge is 0.307 e. The quantitative estimate of drug-likeness (QED) is 0.0366. The van der Waals surface area contributed by atoms with Gasteiger partial charge in [-0.15, -0.1) is 0 Å². The maximum atomic E-state index is 12.7. The molecule has 0 spiro atoms. The van der Waals surface area contributed by atoms with Gasteiger partial charge in [-0.25, -0.2) is 0 Å². The third kappa shape index (κ3) is 33.2. The van der Waals surface area contributed by atoms with E-state index in [9.17, 15) is 19.5 Å². The van der Waals surface area contributed by atoms with E-state index >= 15 is 0 Å². The van der Waals surface area contributed by atoms with E-state index < -0.39 is 18.0 Å². The average Bonchev–Trinajstić information content (AvgIpc) is 3.15. The van der Waals surface area contributed by atoms with Crippen LogP contribution in [0, 0.1) is 5.92 Å². The first-order chi connectivity index (χ1) is 27.0. The molecule has 0 aliphatic carbocycles. The Kier molecular flexibility index (Phi) is 34.9. The molecule has 55 heavy (non-hydrogen) atoms. The first-order valence-corrected chi connectivity index (χ1v) is 22.5. The number of aliphatic hydroxyl groups excluding tert-OH is 1. The van der Waals surface area contributed by atoms with Gasteiger partial charge in [-0.3, -0.25) is 19.3 Å². The summed E-state index contributed by atoms with van der Waals surface area (Å²) < 4.78 is 11.0. The van der Waals surface area contributed by atoms with Crippen LogP contribution in [0.4, 0.5) is 0 Å². The van der Waals surface area contributed by atoms with Gasteiger partial charge in [-0.2, -0.15) is 0 Å². The molecule has 1 fully saturated rings. The number of rotatable bonds is 38. The molecule has 0 aromatic rings. The Morgan fingerprint density at radius 2 is 0.964 bits per heavy atom. The fourth-order valence-electron chi connectivity index (χ4n) is 6.64.